The van der Waals surface area contributed by atoms with Crippen LogP contribution in [0.3, 0.4) is 0 Å². The summed E-state index contributed by atoms with van der Waals surface area (Å²) < 4.78 is 7.92. The molecule has 2 aromatic heterocycles. The van der Waals surface area contributed by atoms with Gasteiger partial charge in [-0.15, -0.1) is 0 Å². The molecule has 4 rings (SSSR count). The zero-order valence-electron chi connectivity index (χ0n) is 11.7. The number of aromatic nitrogens is 2. The fourth-order valence-electron chi connectivity index (χ4n) is 3.76. The van der Waals surface area contributed by atoms with Gasteiger partial charge in [-0.05, 0) is 50.2 Å². The van der Waals surface area contributed by atoms with Crippen LogP contribution < -0.4 is 5.73 Å². The second-order valence-corrected chi connectivity index (χ2v) is 6.29. The molecular weight excluding hydrogens is 250 g/mol. The summed E-state index contributed by atoms with van der Waals surface area (Å²) in [7, 11) is 0. The second-order valence-electron chi connectivity index (χ2n) is 6.29. The highest BCUT2D eigenvalue weighted by atomic mass is 16.5. The molecule has 0 bridgehead atoms. The zero-order chi connectivity index (χ0) is 13.6. The van der Waals surface area contributed by atoms with Crippen LogP contribution in [-0.4, -0.2) is 21.8 Å². The van der Waals surface area contributed by atoms with Crippen molar-refractivity contribution in [3.8, 4) is 0 Å². The van der Waals surface area contributed by atoms with E-state index >= 15 is 0 Å². The van der Waals surface area contributed by atoms with Crippen molar-refractivity contribution < 1.29 is 4.74 Å². The lowest BCUT2D eigenvalue weighted by atomic mass is 9.70. The lowest BCUT2D eigenvalue weighted by Crippen LogP contribution is -2.47. The standard InChI is InChI=1S/C16H21N3O/c17-15(12-5-9-20-16(10-12)6-3-7-16)13-11-18-19-8-2-1-4-14(13)19/h1-2,4,8,11-12,15H,3,5-7,9-10,17H2. The highest BCUT2D eigenvalue weighted by Gasteiger charge is 2.44. The number of nitrogens with zero attached hydrogens (tertiary/aromatic N) is 2. The molecule has 2 atom stereocenters. The number of rotatable bonds is 2. The molecule has 0 radical (unpaired) electrons. The summed E-state index contributed by atoms with van der Waals surface area (Å²) in [6.07, 6.45) is 9.81. The number of nitrogens with two attached hydrogens (primary N) is 1. The average Bonchev–Trinajstić information content (AvgIpc) is 2.89. The van der Waals surface area contributed by atoms with E-state index in [1.807, 2.05) is 29.0 Å². The molecule has 2 aliphatic rings. The van der Waals surface area contributed by atoms with Crippen molar-refractivity contribution in [3.05, 3.63) is 36.2 Å². The molecule has 3 heterocycles. The minimum absolute atomic E-state index is 0.0660. The van der Waals surface area contributed by atoms with E-state index in [1.54, 1.807) is 0 Å². The summed E-state index contributed by atoms with van der Waals surface area (Å²) in [4.78, 5) is 0. The normalized spacial score (nSPS) is 26.6. The largest absolute Gasteiger partial charge is 0.375 e. The summed E-state index contributed by atoms with van der Waals surface area (Å²) in [5, 5.41) is 4.41. The van der Waals surface area contributed by atoms with E-state index in [9.17, 15) is 0 Å². The minimum atomic E-state index is 0.0660. The van der Waals surface area contributed by atoms with Crippen LogP contribution in [0.4, 0.5) is 0 Å². The third-order valence-electron chi connectivity index (χ3n) is 5.12. The molecule has 20 heavy (non-hydrogen) atoms. The molecular formula is C16H21N3O. The highest BCUT2D eigenvalue weighted by Crippen LogP contribution is 2.46. The van der Waals surface area contributed by atoms with Crippen LogP contribution >= 0.6 is 0 Å². The number of hydrogen-bond acceptors (Lipinski definition) is 3. The minimum Gasteiger partial charge on any atom is -0.375 e. The Hall–Kier alpha value is -1.39. The molecule has 2 unspecified atom stereocenters. The van der Waals surface area contributed by atoms with Crippen molar-refractivity contribution in [2.75, 3.05) is 6.61 Å². The van der Waals surface area contributed by atoms with Crippen LogP contribution in [0.1, 0.15) is 43.7 Å². The molecule has 2 fully saturated rings. The first kappa shape index (κ1) is 12.4. The van der Waals surface area contributed by atoms with Gasteiger partial charge in [-0.2, -0.15) is 5.10 Å². The number of fused-ring (bicyclic) bond motifs is 1. The molecule has 1 spiro atoms. The Morgan fingerprint density at radius 3 is 3.10 bits per heavy atom. The molecule has 2 N–H and O–H groups in total. The fraction of sp³-hybridized carbons (Fsp3) is 0.562. The predicted molar refractivity (Wildman–Crippen MR) is 77.4 cm³/mol. The van der Waals surface area contributed by atoms with E-state index in [0.29, 0.717) is 5.92 Å². The van der Waals surface area contributed by atoms with Gasteiger partial charge in [0.1, 0.15) is 0 Å². The monoisotopic (exact) mass is 271 g/mol. The van der Waals surface area contributed by atoms with Crippen molar-refractivity contribution >= 4 is 5.52 Å². The number of pyridine rings is 1. The van der Waals surface area contributed by atoms with E-state index in [-0.39, 0.29) is 11.6 Å². The number of hydrogen-bond donors (Lipinski definition) is 1. The first-order chi connectivity index (χ1) is 9.77. The molecule has 1 aliphatic heterocycles. The van der Waals surface area contributed by atoms with Gasteiger partial charge < -0.3 is 10.5 Å². The van der Waals surface area contributed by atoms with Crippen molar-refractivity contribution in [1.82, 2.24) is 9.61 Å². The Balaban J connectivity index is 1.61. The van der Waals surface area contributed by atoms with Gasteiger partial charge in [-0.25, -0.2) is 4.52 Å². The first-order valence-electron chi connectivity index (χ1n) is 7.59. The lowest BCUT2D eigenvalue weighted by Gasteiger charge is -2.48. The molecule has 1 saturated heterocycles. The fourth-order valence-corrected chi connectivity index (χ4v) is 3.76. The lowest BCUT2D eigenvalue weighted by molar-refractivity contribution is -0.146. The molecule has 4 heteroatoms. The van der Waals surface area contributed by atoms with Gasteiger partial charge in [-0.3, -0.25) is 0 Å². The maximum atomic E-state index is 6.57. The maximum Gasteiger partial charge on any atom is 0.0709 e. The molecule has 0 amide bonds. The second kappa shape index (κ2) is 4.57. The van der Waals surface area contributed by atoms with Crippen LogP contribution in [0, 0.1) is 5.92 Å². The van der Waals surface area contributed by atoms with Crippen LogP contribution in [0.25, 0.3) is 5.52 Å². The predicted octanol–water partition coefficient (Wildman–Crippen LogP) is 2.68. The Morgan fingerprint density at radius 1 is 1.40 bits per heavy atom. The molecule has 1 saturated carbocycles. The van der Waals surface area contributed by atoms with Crippen molar-refractivity contribution in [2.45, 2.75) is 43.7 Å². The summed E-state index contributed by atoms with van der Waals surface area (Å²) in [6.45, 7) is 0.859. The molecule has 2 aromatic rings. The van der Waals surface area contributed by atoms with E-state index in [4.69, 9.17) is 10.5 Å². The van der Waals surface area contributed by atoms with Crippen molar-refractivity contribution in [3.63, 3.8) is 0 Å². The summed E-state index contributed by atoms with van der Waals surface area (Å²) in [5.74, 6) is 0.511. The molecule has 106 valence electrons. The van der Waals surface area contributed by atoms with Crippen molar-refractivity contribution in [2.24, 2.45) is 11.7 Å². The third-order valence-corrected chi connectivity index (χ3v) is 5.12. The summed E-state index contributed by atoms with van der Waals surface area (Å²) in [5.41, 5.74) is 9.03. The topological polar surface area (TPSA) is 52.5 Å². The Kier molecular flexibility index (Phi) is 2.82. The van der Waals surface area contributed by atoms with Gasteiger partial charge in [0.2, 0.25) is 0 Å². The Bertz CT molecular complexity index is 617. The SMILES string of the molecule is NC(c1cnn2ccccc12)C1CCOC2(CCC2)C1. The highest BCUT2D eigenvalue weighted by molar-refractivity contribution is 5.54. The van der Waals surface area contributed by atoms with Gasteiger partial charge >= 0.3 is 0 Å². The van der Waals surface area contributed by atoms with Gasteiger partial charge in [0, 0.05) is 24.4 Å². The van der Waals surface area contributed by atoms with E-state index in [2.05, 4.69) is 11.2 Å². The summed E-state index contributed by atoms with van der Waals surface area (Å²) >= 11 is 0. The van der Waals surface area contributed by atoms with Crippen LogP contribution in [0.2, 0.25) is 0 Å². The van der Waals surface area contributed by atoms with Gasteiger partial charge in [0.15, 0.2) is 0 Å². The molecule has 1 aliphatic carbocycles. The smallest absolute Gasteiger partial charge is 0.0709 e. The van der Waals surface area contributed by atoms with E-state index < -0.39 is 0 Å². The van der Waals surface area contributed by atoms with Crippen LogP contribution in [0.15, 0.2) is 30.6 Å². The molecule has 0 aromatic carbocycles. The third kappa shape index (κ3) is 1.86. The van der Waals surface area contributed by atoms with Crippen molar-refractivity contribution in [1.29, 1.82) is 0 Å². The van der Waals surface area contributed by atoms with Gasteiger partial charge in [0.05, 0.1) is 17.3 Å². The first-order valence-corrected chi connectivity index (χ1v) is 7.59. The van der Waals surface area contributed by atoms with Crippen LogP contribution in [-0.2, 0) is 4.74 Å². The van der Waals surface area contributed by atoms with Gasteiger partial charge in [0.25, 0.3) is 0 Å². The maximum absolute atomic E-state index is 6.57. The Morgan fingerprint density at radius 2 is 2.30 bits per heavy atom. The van der Waals surface area contributed by atoms with Gasteiger partial charge in [-0.1, -0.05) is 6.07 Å². The van der Waals surface area contributed by atoms with Crippen LogP contribution in [0.5, 0.6) is 0 Å². The summed E-state index contributed by atoms with van der Waals surface area (Å²) in [6, 6.07) is 6.20. The zero-order valence-corrected chi connectivity index (χ0v) is 11.7. The van der Waals surface area contributed by atoms with E-state index in [0.717, 1.165) is 25.0 Å². The average molecular weight is 271 g/mol. The van der Waals surface area contributed by atoms with E-state index in [1.165, 1.54) is 24.8 Å². The molecule has 4 nitrogen and oxygen atoms in total. The Labute approximate surface area is 118 Å². The number of ether oxygens (including phenoxy) is 1. The quantitative estimate of drug-likeness (QED) is 0.913.